The molecule has 0 saturated carbocycles. The van der Waals surface area contributed by atoms with Gasteiger partial charge in [0.1, 0.15) is 11.6 Å². The summed E-state index contributed by atoms with van der Waals surface area (Å²) in [6.07, 6.45) is 2.93. The van der Waals surface area contributed by atoms with Crippen LogP contribution in [0.1, 0.15) is 32.3 Å². The third-order valence-corrected chi connectivity index (χ3v) is 3.21. The highest BCUT2D eigenvalue weighted by Crippen LogP contribution is 2.26. The fourth-order valence-corrected chi connectivity index (χ4v) is 2.19. The van der Waals surface area contributed by atoms with Gasteiger partial charge in [0.15, 0.2) is 0 Å². The van der Waals surface area contributed by atoms with Crippen molar-refractivity contribution in [3.63, 3.8) is 0 Å². The van der Waals surface area contributed by atoms with Crippen LogP contribution < -0.4 is 4.74 Å². The minimum atomic E-state index is -0.154. The van der Waals surface area contributed by atoms with Crippen molar-refractivity contribution in [1.29, 1.82) is 0 Å². The number of ether oxygens (including phenoxy) is 1. The van der Waals surface area contributed by atoms with E-state index >= 15 is 0 Å². The maximum Gasteiger partial charge on any atom is 0.131 e. The molecule has 0 unspecified atom stereocenters. The zero-order chi connectivity index (χ0) is 14.4. The van der Waals surface area contributed by atoms with Gasteiger partial charge in [-0.1, -0.05) is 44.5 Å². The van der Waals surface area contributed by atoms with Gasteiger partial charge in [0.05, 0.1) is 6.61 Å². The fraction of sp³-hybridized carbons (Fsp3) is 0.333. The van der Waals surface area contributed by atoms with Crippen LogP contribution in [0.15, 0.2) is 42.5 Å². The molecule has 2 aromatic carbocycles. The molecule has 0 aliphatic rings. The van der Waals surface area contributed by atoms with Gasteiger partial charge in [0.2, 0.25) is 0 Å². The van der Waals surface area contributed by atoms with Gasteiger partial charge >= 0.3 is 0 Å². The van der Waals surface area contributed by atoms with E-state index in [4.69, 9.17) is 4.74 Å². The van der Waals surface area contributed by atoms with Crippen LogP contribution >= 0.6 is 0 Å². The van der Waals surface area contributed by atoms with Gasteiger partial charge in [-0.3, -0.25) is 0 Å². The van der Waals surface area contributed by atoms with E-state index in [-0.39, 0.29) is 5.82 Å². The van der Waals surface area contributed by atoms with Crippen LogP contribution in [0, 0.1) is 5.82 Å². The molecule has 2 rings (SSSR count). The van der Waals surface area contributed by atoms with Crippen molar-refractivity contribution in [2.24, 2.45) is 0 Å². The molecular formula is C18H21FO. The van der Waals surface area contributed by atoms with Crippen molar-refractivity contribution >= 4 is 0 Å². The van der Waals surface area contributed by atoms with E-state index in [1.807, 2.05) is 36.4 Å². The first kappa shape index (κ1) is 14.6. The maximum absolute atomic E-state index is 14.1. The highest BCUT2D eigenvalue weighted by Gasteiger charge is 2.06. The minimum Gasteiger partial charge on any atom is -0.494 e. The molecule has 0 heterocycles. The van der Waals surface area contributed by atoms with Gasteiger partial charge in [-0.25, -0.2) is 4.39 Å². The monoisotopic (exact) mass is 272 g/mol. The third-order valence-electron chi connectivity index (χ3n) is 3.21. The molecular weight excluding hydrogens is 251 g/mol. The van der Waals surface area contributed by atoms with Crippen molar-refractivity contribution < 1.29 is 9.13 Å². The first-order valence-electron chi connectivity index (χ1n) is 7.26. The first-order chi connectivity index (χ1) is 9.74. The average Bonchev–Trinajstić information content (AvgIpc) is 2.46. The SMILES string of the molecule is CCCOc1ccc(-c2ccc(CCC)cc2F)cc1. The predicted octanol–water partition coefficient (Wildman–Crippen LogP) is 5.23. The number of halogens is 1. The Morgan fingerprint density at radius 1 is 0.950 bits per heavy atom. The van der Waals surface area contributed by atoms with E-state index < -0.39 is 0 Å². The molecule has 0 aromatic heterocycles. The van der Waals surface area contributed by atoms with Gasteiger partial charge in [0.25, 0.3) is 0 Å². The van der Waals surface area contributed by atoms with Gasteiger partial charge in [0, 0.05) is 5.56 Å². The smallest absolute Gasteiger partial charge is 0.131 e. The number of rotatable bonds is 6. The molecule has 0 spiro atoms. The lowest BCUT2D eigenvalue weighted by Crippen LogP contribution is -1.94. The number of hydrogen-bond acceptors (Lipinski definition) is 1. The number of benzene rings is 2. The Morgan fingerprint density at radius 3 is 2.30 bits per heavy atom. The number of aryl methyl sites for hydroxylation is 1. The molecule has 0 saturated heterocycles. The van der Waals surface area contributed by atoms with Crippen molar-refractivity contribution in [1.82, 2.24) is 0 Å². The molecule has 2 aromatic rings. The first-order valence-corrected chi connectivity index (χ1v) is 7.26. The standard InChI is InChI=1S/C18H21FO/c1-3-5-14-6-11-17(18(19)13-14)15-7-9-16(10-8-15)20-12-4-2/h6-11,13H,3-5,12H2,1-2H3. The van der Waals surface area contributed by atoms with E-state index in [1.165, 1.54) is 0 Å². The Bertz CT molecular complexity index is 546. The normalized spacial score (nSPS) is 10.6. The molecule has 0 aliphatic carbocycles. The summed E-state index contributed by atoms with van der Waals surface area (Å²) in [4.78, 5) is 0. The summed E-state index contributed by atoms with van der Waals surface area (Å²) in [5.74, 6) is 0.678. The summed E-state index contributed by atoms with van der Waals surface area (Å²) in [7, 11) is 0. The quantitative estimate of drug-likeness (QED) is 0.699. The second-order valence-electron chi connectivity index (χ2n) is 4.94. The van der Waals surface area contributed by atoms with Crippen LogP contribution in [-0.2, 0) is 6.42 Å². The largest absolute Gasteiger partial charge is 0.494 e. The van der Waals surface area contributed by atoms with Gasteiger partial charge in [-0.2, -0.15) is 0 Å². The maximum atomic E-state index is 14.1. The van der Waals surface area contributed by atoms with Gasteiger partial charge < -0.3 is 4.74 Å². The summed E-state index contributed by atoms with van der Waals surface area (Å²) in [6, 6.07) is 13.1. The van der Waals surface area contributed by atoms with Crippen LogP contribution in [0.25, 0.3) is 11.1 Å². The fourth-order valence-electron chi connectivity index (χ4n) is 2.19. The Hall–Kier alpha value is -1.83. The predicted molar refractivity (Wildman–Crippen MR) is 81.6 cm³/mol. The Labute approximate surface area is 120 Å². The van der Waals surface area contributed by atoms with Crippen LogP contribution in [0.2, 0.25) is 0 Å². The molecule has 0 aliphatic heterocycles. The summed E-state index contributed by atoms with van der Waals surface area (Å²) in [6.45, 7) is 4.88. The van der Waals surface area contributed by atoms with Crippen LogP contribution in [0.4, 0.5) is 4.39 Å². The highest BCUT2D eigenvalue weighted by atomic mass is 19.1. The second-order valence-corrected chi connectivity index (χ2v) is 4.94. The van der Waals surface area contributed by atoms with Crippen molar-refractivity contribution in [3.8, 4) is 16.9 Å². The topological polar surface area (TPSA) is 9.23 Å². The molecule has 0 amide bonds. The average molecular weight is 272 g/mol. The van der Waals surface area contributed by atoms with E-state index in [0.717, 1.165) is 36.1 Å². The molecule has 0 fully saturated rings. The third kappa shape index (κ3) is 3.60. The van der Waals surface area contributed by atoms with Gasteiger partial charge in [-0.15, -0.1) is 0 Å². The minimum absolute atomic E-state index is 0.154. The highest BCUT2D eigenvalue weighted by molar-refractivity contribution is 5.65. The summed E-state index contributed by atoms with van der Waals surface area (Å²) >= 11 is 0. The van der Waals surface area contributed by atoms with E-state index in [1.54, 1.807) is 6.07 Å². The summed E-state index contributed by atoms with van der Waals surface area (Å²) in [5, 5.41) is 0. The van der Waals surface area contributed by atoms with Crippen LogP contribution in [0.3, 0.4) is 0 Å². The van der Waals surface area contributed by atoms with Crippen LogP contribution in [-0.4, -0.2) is 6.61 Å². The molecule has 0 atom stereocenters. The summed E-state index contributed by atoms with van der Waals surface area (Å²) < 4.78 is 19.7. The lowest BCUT2D eigenvalue weighted by molar-refractivity contribution is 0.317. The number of hydrogen-bond donors (Lipinski definition) is 0. The molecule has 1 nitrogen and oxygen atoms in total. The van der Waals surface area contributed by atoms with Crippen molar-refractivity contribution in [3.05, 3.63) is 53.8 Å². The Balaban J connectivity index is 2.18. The molecule has 0 radical (unpaired) electrons. The second kappa shape index (κ2) is 7.09. The van der Waals surface area contributed by atoms with Crippen molar-refractivity contribution in [2.75, 3.05) is 6.61 Å². The van der Waals surface area contributed by atoms with E-state index in [2.05, 4.69) is 13.8 Å². The molecule has 0 N–H and O–H groups in total. The lowest BCUT2D eigenvalue weighted by Gasteiger charge is -2.08. The van der Waals surface area contributed by atoms with Gasteiger partial charge in [-0.05, 0) is 42.2 Å². The zero-order valence-electron chi connectivity index (χ0n) is 12.2. The zero-order valence-corrected chi connectivity index (χ0v) is 12.2. The van der Waals surface area contributed by atoms with E-state index in [0.29, 0.717) is 12.2 Å². The summed E-state index contributed by atoms with van der Waals surface area (Å²) in [5.41, 5.74) is 2.58. The van der Waals surface area contributed by atoms with Crippen molar-refractivity contribution in [2.45, 2.75) is 33.1 Å². The molecule has 0 bridgehead atoms. The Kier molecular flexibility index (Phi) is 5.16. The Morgan fingerprint density at radius 2 is 1.70 bits per heavy atom. The van der Waals surface area contributed by atoms with Crippen LogP contribution in [0.5, 0.6) is 5.75 Å². The molecule has 2 heteroatoms. The molecule has 20 heavy (non-hydrogen) atoms. The van der Waals surface area contributed by atoms with E-state index in [9.17, 15) is 4.39 Å². The lowest BCUT2D eigenvalue weighted by atomic mass is 10.0. The molecule has 106 valence electrons.